The quantitative estimate of drug-likeness (QED) is 0.468. The van der Waals surface area contributed by atoms with Crippen molar-refractivity contribution in [2.75, 3.05) is 42.8 Å². The lowest BCUT2D eigenvalue weighted by Gasteiger charge is -2.32. The Kier molecular flexibility index (Phi) is 7.33. The van der Waals surface area contributed by atoms with E-state index in [4.69, 9.17) is 11.6 Å². The Bertz CT molecular complexity index is 990. The molecule has 0 spiro atoms. The molecule has 0 radical (unpaired) electrons. The lowest BCUT2D eigenvalue weighted by Crippen LogP contribution is -2.46. The number of nitrogens with one attached hydrogen (secondary N) is 3. The van der Waals surface area contributed by atoms with Gasteiger partial charge >= 0.3 is 0 Å². The maximum Gasteiger partial charge on any atom is 0.266 e. The normalized spacial score (nSPS) is 21.7. The molecule has 3 N–H and O–H groups in total. The van der Waals surface area contributed by atoms with Gasteiger partial charge in [0.15, 0.2) is 5.13 Å². The zero-order valence-corrected chi connectivity index (χ0v) is 19.5. The summed E-state index contributed by atoms with van der Waals surface area (Å²) in [6.45, 7) is 5.10. The Hall–Kier alpha value is -1.46. The van der Waals surface area contributed by atoms with Gasteiger partial charge in [0.25, 0.3) is 10.0 Å². The molecule has 0 saturated carbocycles. The third-order valence-electron chi connectivity index (χ3n) is 6.00. The van der Waals surface area contributed by atoms with Crippen molar-refractivity contribution in [1.29, 1.82) is 0 Å². The van der Waals surface area contributed by atoms with Crippen molar-refractivity contribution < 1.29 is 12.8 Å². The van der Waals surface area contributed by atoms with Crippen LogP contribution in [0.1, 0.15) is 25.7 Å². The highest BCUT2D eigenvalue weighted by Gasteiger charge is 2.34. The smallest absolute Gasteiger partial charge is 0.266 e. The molecule has 2 saturated heterocycles. The average molecular weight is 488 g/mol. The SMILES string of the molecule is O=S(=O)(Nc1nccs1)c1cc(Cl)c(NCCCCN2CC[C@@H]3CCNC[C@@H]32)cc1F. The van der Waals surface area contributed by atoms with Crippen molar-refractivity contribution in [3.05, 3.63) is 34.5 Å². The summed E-state index contributed by atoms with van der Waals surface area (Å²) in [5.41, 5.74) is 0.394. The third-order valence-corrected chi connectivity index (χ3v) is 8.48. The molecule has 31 heavy (non-hydrogen) atoms. The van der Waals surface area contributed by atoms with Gasteiger partial charge in [-0.05, 0) is 63.4 Å². The van der Waals surface area contributed by atoms with E-state index in [-0.39, 0.29) is 10.2 Å². The van der Waals surface area contributed by atoms with Gasteiger partial charge in [-0.15, -0.1) is 11.3 Å². The number of fused-ring (bicyclic) bond motifs is 1. The number of hydrogen-bond donors (Lipinski definition) is 3. The number of likely N-dealkylation sites (tertiary alicyclic amines) is 1. The Morgan fingerprint density at radius 2 is 2.19 bits per heavy atom. The molecule has 0 aliphatic carbocycles. The largest absolute Gasteiger partial charge is 0.384 e. The van der Waals surface area contributed by atoms with Gasteiger partial charge in [-0.1, -0.05) is 11.6 Å². The first-order valence-corrected chi connectivity index (χ1v) is 13.3. The van der Waals surface area contributed by atoms with Crippen molar-refractivity contribution in [1.82, 2.24) is 15.2 Å². The molecular weight excluding hydrogens is 461 g/mol. The van der Waals surface area contributed by atoms with E-state index in [0.29, 0.717) is 18.3 Å². The van der Waals surface area contributed by atoms with E-state index in [1.165, 1.54) is 25.6 Å². The van der Waals surface area contributed by atoms with Crippen LogP contribution in [0, 0.1) is 11.7 Å². The van der Waals surface area contributed by atoms with Gasteiger partial charge in [0.05, 0.1) is 10.7 Å². The second kappa shape index (κ2) is 9.99. The molecule has 11 heteroatoms. The number of aromatic nitrogens is 1. The Labute approximate surface area is 191 Å². The predicted octanol–water partition coefficient (Wildman–Crippen LogP) is 3.61. The molecule has 4 rings (SSSR count). The number of rotatable bonds is 9. The summed E-state index contributed by atoms with van der Waals surface area (Å²) < 4.78 is 41.7. The fourth-order valence-corrected chi connectivity index (χ4v) is 6.58. The van der Waals surface area contributed by atoms with Crippen LogP contribution < -0.4 is 15.4 Å². The predicted molar refractivity (Wildman–Crippen MR) is 123 cm³/mol. The molecule has 1 aromatic heterocycles. The highest BCUT2D eigenvalue weighted by Crippen LogP contribution is 2.30. The monoisotopic (exact) mass is 487 g/mol. The number of hydrogen-bond acceptors (Lipinski definition) is 7. The van der Waals surface area contributed by atoms with Crippen LogP contribution in [0.25, 0.3) is 0 Å². The molecule has 170 valence electrons. The van der Waals surface area contributed by atoms with Crippen LogP contribution in [-0.4, -0.2) is 57.1 Å². The number of piperidine rings is 1. The van der Waals surface area contributed by atoms with Crippen molar-refractivity contribution in [3.63, 3.8) is 0 Å². The number of nitrogens with zero attached hydrogens (tertiary/aromatic N) is 2. The van der Waals surface area contributed by atoms with Crippen molar-refractivity contribution in [3.8, 4) is 0 Å². The van der Waals surface area contributed by atoms with Crippen molar-refractivity contribution in [2.45, 2.75) is 36.6 Å². The van der Waals surface area contributed by atoms with Crippen LogP contribution in [0.4, 0.5) is 15.2 Å². The Morgan fingerprint density at radius 1 is 1.32 bits per heavy atom. The zero-order chi connectivity index (χ0) is 21.8. The van der Waals surface area contributed by atoms with Crippen LogP contribution in [0.15, 0.2) is 28.6 Å². The summed E-state index contributed by atoms with van der Waals surface area (Å²) in [7, 11) is -4.10. The van der Waals surface area contributed by atoms with Gasteiger partial charge in [0.1, 0.15) is 10.7 Å². The summed E-state index contributed by atoms with van der Waals surface area (Å²) in [4.78, 5) is 5.94. The summed E-state index contributed by atoms with van der Waals surface area (Å²) >= 11 is 7.34. The van der Waals surface area contributed by atoms with E-state index in [2.05, 4.69) is 25.2 Å². The number of halogens is 2. The van der Waals surface area contributed by atoms with Gasteiger partial charge in [-0.2, -0.15) is 0 Å². The van der Waals surface area contributed by atoms with E-state index in [1.54, 1.807) is 5.38 Å². The van der Waals surface area contributed by atoms with Gasteiger partial charge < -0.3 is 10.6 Å². The highest BCUT2D eigenvalue weighted by atomic mass is 35.5. The maximum atomic E-state index is 14.5. The fraction of sp³-hybridized carbons (Fsp3) is 0.550. The van der Waals surface area contributed by atoms with Gasteiger partial charge in [-0.3, -0.25) is 9.62 Å². The third kappa shape index (κ3) is 5.48. The van der Waals surface area contributed by atoms with E-state index in [0.717, 1.165) is 61.9 Å². The van der Waals surface area contributed by atoms with Crippen molar-refractivity contribution >= 4 is 43.8 Å². The van der Waals surface area contributed by atoms with Gasteiger partial charge in [-0.25, -0.2) is 17.8 Å². The lowest BCUT2D eigenvalue weighted by atomic mass is 9.93. The molecule has 2 aliphatic rings. The fourth-order valence-electron chi connectivity index (χ4n) is 4.41. The van der Waals surface area contributed by atoms with Crippen LogP contribution >= 0.6 is 22.9 Å². The first-order chi connectivity index (χ1) is 14.9. The maximum absolute atomic E-state index is 14.5. The van der Waals surface area contributed by atoms with Crippen LogP contribution in [0.5, 0.6) is 0 Å². The standard InChI is InChI=1S/C20H27ClFN5O2S2/c21-15-11-19(31(28,29)26-20-25-7-10-30-20)16(22)12-17(15)24-5-1-2-8-27-9-4-14-3-6-23-13-18(14)27/h7,10-12,14,18,23-24H,1-6,8-9,13H2,(H,25,26)/t14-,18-/m0/s1. The van der Waals surface area contributed by atoms with Gasteiger partial charge in [0.2, 0.25) is 0 Å². The van der Waals surface area contributed by atoms with Crippen LogP contribution in [0.3, 0.4) is 0 Å². The molecule has 0 bridgehead atoms. The molecule has 2 atom stereocenters. The Morgan fingerprint density at radius 3 is 3.00 bits per heavy atom. The second-order valence-electron chi connectivity index (χ2n) is 7.98. The first kappa shape index (κ1) is 22.7. The zero-order valence-electron chi connectivity index (χ0n) is 17.1. The average Bonchev–Trinajstić information content (AvgIpc) is 3.39. The molecule has 0 amide bonds. The highest BCUT2D eigenvalue weighted by molar-refractivity contribution is 7.93. The lowest BCUT2D eigenvalue weighted by molar-refractivity contribution is 0.192. The summed E-state index contributed by atoms with van der Waals surface area (Å²) in [6.07, 6.45) is 6.00. The van der Waals surface area contributed by atoms with Crippen molar-refractivity contribution in [2.24, 2.45) is 5.92 Å². The Balaban J connectivity index is 1.28. The molecule has 2 aromatic rings. The topological polar surface area (TPSA) is 86.4 Å². The minimum atomic E-state index is -4.10. The summed E-state index contributed by atoms with van der Waals surface area (Å²) in [5.74, 6) is -0.0232. The molecule has 2 fully saturated rings. The number of thiazole rings is 1. The summed E-state index contributed by atoms with van der Waals surface area (Å²) in [5, 5.41) is 8.59. The number of sulfonamides is 1. The number of benzene rings is 1. The summed E-state index contributed by atoms with van der Waals surface area (Å²) in [6, 6.07) is 2.94. The minimum Gasteiger partial charge on any atom is -0.384 e. The molecular formula is C20H27ClFN5O2S2. The molecule has 3 heterocycles. The second-order valence-corrected chi connectivity index (χ2v) is 10.9. The molecule has 2 aliphatic heterocycles. The first-order valence-electron chi connectivity index (χ1n) is 10.5. The minimum absolute atomic E-state index is 0.163. The van der Waals surface area contributed by atoms with Crippen LogP contribution in [-0.2, 0) is 10.0 Å². The number of anilines is 2. The van der Waals surface area contributed by atoms with E-state index in [9.17, 15) is 12.8 Å². The number of unbranched alkanes of at least 4 members (excludes halogenated alkanes) is 1. The van der Waals surface area contributed by atoms with E-state index in [1.807, 2.05) is 0 Å². The van der Waals surface area contributed by atoms with E-state index >= 15 is 0 Å². The molecule has 1 aromatic carbocycles. The van der Waals surface area contributed by atoms with Gasteiger partial charge in [0, 0.05) is 30.7 Å². The molecule has 7 nitrogen and oxygen atoms in total. The van der Waals surface area contributed by atoms with Crippen LogP contribution in [0.2, 0.25) is 5.02 Å². The van der Waals surface area contributed by atoms with E-state index < -0.39 is 20.7 Å². The molecule has 0 unspecified atom stereocenters.